The third-order valence-corrected chi connectivity index (χ3v) is 4.70. The Kier molecular flexibility index (Phi) is 4.83. The van der Waals surface area contributed by atoms with E-state index in [9.17, 15) is 4.79 Å². The highest BCUT2D eigenvalue weighted by Crippen LogP contribution is 2.24. The fraction of sp³-hybridized carbons (Fsp3) is 0.368. The van der Waals surface area contributed by atoms with Gasteiger partial charge in [0.15, 0.2) is 11.7 Å². The van der Waals surface area contributed by atoms with Crippen LogP contribution in [0.5, 0.6) is 0 Å². The van der Waals surface area contributed by atoms with Gasteiger partial charge >= 0.3 is 0 Å². The van der Waals surface area contributed by atoms with Crippen molar-refractivity contribution >= 4 is 22.6 Å². The number of oxazole rings is 1. The van der Waals surface area contributed by atoms with Crippen molar-refractivity contribution in [3.05, 3.63) is 36.6 Å². The summed E-state index contributed by atoms with van der Waals surface area (Å²) in [5.41, 5.74) is 1.59. The first kappa shape index (κ1) is 17.6. The van der Waals surface area contributed by atoms with Gasteiger partial charge in [-0.1, -0.05) is 0 Å². The number of rotatable bonds is 4. The van der Waals surface area contributed by atoms with E-state index in [0.29, 0.717) is 24.0 Å². The molecule has 27 heavy (non-hydrogen) atoms. The molecule has 0 unspecified atom stereocenters. The van der Waals surface area contributed by atoms with Crippen LogP contribution in [0.2, 0.25) is 0 Å². The summed E-state index contributed by atoms with van der Waals surface area (Å²) in [4.78, 5) is 29.6. The Hall–Kier alpha value is -2.84. The second kappa shape index (κ2) is 7.42. The lowest BCUT2D eigenvalue weighted by Crippen LogP contribution is -2.47. The molecule has 3 aromatic heterocycles. The molecule has 0 aliphatic carbocycles. The standard InChI is InChI=1S/C19H22N6O2/c1-13-20-11-17(27-13)15-7-14-8-18(22-10-16(14)21-9-15)23-19(26)12-25-5-3-24(2)4-6-25/h7-11H,3-6,12H2,1-2H3,(H,22,23,26). The Balaban J connectivity index is 1.48. The van der Waals surface area contributed by atoms with Crippen LogP contribution in [0.1, 0.15) is 5.89 Å². The number of nitrogens with zero attached hydrogens (tertiary/aromatic N) is 5. The zero-order valence-electron chi connectivity index (χ0n) is 15.5. The summed E-state index contributed by atoms with van der Waals surface area (Å²) < 4.78 is 5.56. The molecule has 1 N–H and O–H groups in total. The van der Waals surface area contributed by atoms with Crippen LogP contribution in [0, 0.1) is 6.92 Å². The molecule has 0 bridgehead atoms. The quantitative estimate of drug-likeness (QED) is 0.753. The molecule has 1 saturated heterocycles. The number of nitrogens with one attached hydrogen (secondary N) is 1. The van der Waals surface area contributed by atoms with Crippen LogP contribution in [0.15, 0.2) is 35.1 Å². The average Bonchev–Trinajstić information content (AvgIpc) is 3.09. The summed E-state index contributed by atoms with van der Waals surface area (Å²) in [7, 11) is 2.10. The first-order valence-corrected chi connectivity index (χ1v) is 8.96. The molecule has 8 heteroatoms. The highest BCUT2D eigenvalue weighted by atomic mass is 16.4. The number of carbonyl (C=O) groups is 1. The molecule has 0 saturated carbocycles. The van der Waals surface area contributed by atoms with Gasteiger partial charge in [0.25, 0.3) is 0 Å². The van der Waals surface area contributed by atoms with Crippen LogP contribution < -0.4 is 5.32 Å². The van der Waals surface area contributed by atoms with E-state index in [1.54, 1.807) is 25.5 Å². The van der Waals surface area contributed by atoms with Gasteiger partial charge in [0.2, 0.25) is 5.91 Å². The molecule has 3 aromatic rings. The number of fused-ring (bicyclic) bond motifs is 1. The van der Waals surface area contributed by atoms with E-state index in [-0.39, 0.29) is 5.91 Å². The third kappa shape index (κ3) is 4.12. The van der Waals surface area contributed by atoms with Crippen LogP contribution >= 0.6 is 0 Å². The summed E-state index contributed by atoms with van der Waals surface area (Å²) in [6.45, 7) is 5.95. The highest BCUT2D eigenvalue weighted by molar-refractivity contribution is 5.93. The van der Waals surface area contributed by atoms with Crippen LogP contribution in [0.4, 0.5) is 5.82 Å². The van der Waals surface area contributed by atoms with E-state index in [2.05, 4.69) is 37.1 Å². The van der Waals surface area contributed by atoms with E-state index < -0.39 is 0 Å². The number of piperazine rings is 1. The van der Waals surface area contributed by atoms with E-state index >= 15 is 0 Å². The van der Waals surface area contributed by atoms with Gasteiger partial charge in [0.1, 0.15) is 5.82 Å². The Bertz CT molecular complexity index is 962. The van der Waals surface area contributed by atoms with Crippen molar-refractivity contribution in [1.29, 1.82) is 0 Å². The van der Waals surface area contributed by atoms with Gasteiger partial charge in [0.05, 0.1) is 24.5 Å². The number of carbonyl (C=O) groups excluding carboxylic acids is 1. The maximum absolute atomic E-state index is 12.3. The molecule has 140 valence electrons. The number of amides is 1. The molecular formula is C19H22N6O2. The maximum Gasteiger partial charge on any atom is 0.239 e. The van der Waals surface area contributed by atoms with Crippen molar-refractivity contribution in [2.24, 2.45) is 0 Å². The van der Waals surface area contributed by atoms with E-state index in [4.69, 9.17) is 4.42 Å². The Morgan fingerprint density at radius 2 is 1.93 bits per heavy atom. The van der Waals surface area contributed by atoms with Crippen molar-refractivity contribution < 1.29 is 9.21 Å². The third-order valence-electron chi connectivity index (χ3n) is 4.70. The first-order chi connectivity index (χ1) is 13.1. The van der Waals surface area contributed by atoms with Crippen molar-refractivity contribution in [1.82, 2.24) is 24.8 Å². The van der Waals surface area contributed by atoms with Crippen molar-refractivity contribution in [3.63, 3.8) is 0 Å². The average molecular weight is 366 g/mol. The molecule has 1 amide bonds. The molecule has 0 spiro atoms. The molecule has 4 heterocycles. The van der Waals surface area contributed by atoms with Gasteiger partial charge < -0.3 is 14.6 Å². The van der Waals surface area contributed by atoms with Crippen LogP contribution in [0.25, 0.3) is 22.2 Å². The molecule has 8 nitrogen and oxygen atoms in total. The minimum Gasteiger partial charge on any atom is -0.441 e. The molecule has 4 rings (SSSR count). The Labute approximate surface area is 157 Å². The molecule has 0 aromatic carbocycles. The normalized spacial score (nSPS) is 15.9. The lowest BCUT2D eigenvalue weighted by atomic mass is 10.1. The Morgan fingerprint density at radius 3 is 2.67 bits per heavy atom. The molecule has 0 atom stereocenters. The molecule has 1 aliphatic heterocycles. The van der Waals surface area contributed by atoms with Crippen LogP contribution in [-0.4, -0.2) is 70.4 Å². The van der Waals surface area contributed by atoms with Gasteiger partial charge in [-0.15, -0.1) is 0 Å². The summed E-state index contributed by atoms with van der Waals surface area (Å²) >= 11 is 0. The zero-order valence-corrected chi connectivity index (χ0v) is 15.5. The number of hydrogen-bond donors (Lipinski definition) is 1. The molecular weight excluding hydrogens is 344 g/mol. The van der Waals surface area contributed by atoms with Crippen molar-refractivity contribution in [2.45, 2.75) is 6.92 Å². The lowest BCUT2D eigenvalue weighted by Gasteiger charge is -2.31. The SMILES string of the molecule is Cc1ncc(-c2cnc3cnc(NC(=O)CN4CCN(C)CC4)cc3c2)o1. The number of hydrogen-bond acceptors (Lipinski definition) is 7. The summed E-state index contributed by atoms with van der Waals surface area (Å²) in [6.07, 6.45) is 5.07. The van der Waals surface area contributed by atoms with Crippen LogP contribution in [-0.2, 0) is 4.79 Å². The fourth-order valence-electron chi connectivity index (χ4n) is 3.12. The number of aromatic nitrogens is 3. The van der Waals surface area contributed by atoms with E-state index in [1.807, 2.05) is 12.1 Å². The number of anilines is 1. The highest BCUT2D eigenvalue weighted by Gasteiger charge is 2.17. The number of likely N-dealkylation sites (N-methyl/N-ethyl adjacent to an activating group) is 1. The number of aryl methyl sites for hydroxylation is 1. The largest absolute Gasteiger partial charge is 0.441 e. The van der Waals surface area contributed by atoms with E-state index in [1.165, 1.54) is 0 Å². The maximum atomic E-state index is 12.3. The summed E-state index contributed by atoms with van der Waals surface area (Å²) in [5.74, 6) is 1.74. The van der Waals surface area contributed by atoms with Crippen molar-refractivity contribution in [3.8, 4) is 11.3 Å². The van der Waals surface area contributed by atoms with E-state index in [0.717, 1.165) is 42.6 Å². The topological polar surface area (TPSA) is 87.4 Å². The van der Waals surface area contributed by atoms with Gasteiger partial charge in [-0.3, -0.25) is 14.7 Å². The first-order valence-electron chi connectivity index (χ1n) is 8.96. The smallest absolute Gasteiger partial charge is 0.239 e. The summed E-state index contributed by atoms with van der Waals surface area (Å²) in [5, 5.41) is 3.77. The zero-order chi connectivity index (χ0) is 18.8. The van der Waals surface area contributed by atoms with Gasteiger partial charge in [-0.2, -0.15) is 0 Å². The molecule has 0 radical (unpaired) electrons. The minimum atomic E-state index is -0.0543. The van der Waals surface area contributed by atoms with Gasteiger partial charge in [-0.25, -0.2) is 9.97 Å². The monoisotopic (exact) mass is 366 g/mol. The van der Waals surface area contributed by atoms with Gasteiger partial charge in [-0.05, 0) is 19.2 Å². The molecule has 1 aliphatic rings. The van der Waals surface area contributed by atoms with Gasteiger partial charge in [0, 0.05) is 50.2 Å². The predicted molar refractivity (Wildman–Crippen MR) is 102 cm³/mol. The Morgan fingerprint density at radius 1 is 1.11 bits per heavy atom. The fourth-order valence-corrected chi connectivity index (χ4v) is 3.12. The summed E-state index contributed by atoms with van der Waals surface area (Å²) in [6, 6.07) is 3.79. The molecule has 1 fully saturated rings. The predicted octanol–water partition coefficient (Wildman–Crippen LogP) is 1.78. The van der Waals surface area contributed by atoms with Crippen LogP contribution in [0.3, 0.4) is 0 Å². The lowest BCUT2D eigenvalue weighted by molar-refractivity contribution is -0.117. The second-order valence-electron chi connectivity index (χ2n) is 6.86. The number of pyridine rings is 2. The second-order valence-corrected chi connectivity index (χ2v) is 6.86. The van der Waals surface area contributed by atoms with Crippen molar-refractivity contribution in [2.75, 3.05) is 45.1 Å². The minimum absolute atomic E-state index is 0.0543.